The minimum Gasteiger partial charge on any atom is -0.449 e. The lowest BCUT2D eigenvalue weighted by Crippen LogP contribution is -2.01. The summed E-state index contributed by atoms with van der Waals surface area (Å²) in [5.74, 6) is 2.24. The third-order valence-corrected chi connectivity index (χ3v) is 3.65. The molecule has 1 aliphatic rings. The number of fused-ring (bicyclic) bond motifs is 2. The topological polar surface area (TPSA) is 61.6 Å². The van der Waals surface area contributed by atoms with Crippen LogP contribution >= 0.6 is 0 Å². The van der Waals surface area contributed by atoms with Gasteiger partial charge in [0.15, 0.2) is 23.0 Å². The van der Waals surface area contributed by atoms with Crippen molar-refractivity contribution >= 4 is 5.69 Å². The van der Waals surface area contributed by atoms with Crippen molar-refractivity contribution in [3.63, 3.8) is 0 Å². The molecule has 0 N–H and O–H groups in total. The zero-order valence-electron chi connectivity index (χ0n) is 11.9. The summed E-state index contributed by atoms with van der Waals surface area (Å²) in [6.07, 6.45) is 0. The molecule has 4 rings (SSSR count). The summed E-state index contributed by atoms with van der Waals surface area (Å²) in [7, 11) is 0. The number of para-hydroxylation sites is 4. The summed E-state index contributed by atoms with van der Waals surface area (Å²) >= 11 is 0. The highest BCUT2D eigenvalue weighted by Crippen LogP contribution is 2.50. The Morgan fingerprint density at radius 3 is 2.09 bits per heavy atom. The van der Waals surface area contributed by atoms with E-state index < -0.39 is 4.92 Å². The second-order valence-corrected chi connectivity index (χ2v) is 5.06. The fourth-order valence-electron chi connectivity index (χ4n) is 2.62. The van der Waals surface area contributed by atoms with Crippen molar-refractivity contribution in [2.75, 3.05) is 0 Å². The quantitative estimate of drug-likeness (QED) is 0.379. The van der Waals surface area contributed by atoms with Gasteiger partial charge in [-0.2, -0.15) is 0 Å². The van der Waals surface area contributed by atoms with Crippen LogP contribution in [0.25, 0.3) is 11.1 Å². The van der Waals surface area contributed by atoms with E-state index in [2.05, 4.69) is 0 Å². The van der Waals surface area contributed by atoms with Crippen molar-refractivity contribution in [3.8, 4) is 34.1 Å². The number of nitro groups is 1. The van der Waals surface area contributed by atoms with Gasteiger partial charge in [-0.05, 0) is 24.3 Å². The number of hydrogen-bond acceptors (Lipinski definition) is 4. The van der Waals surface area contributed by atoms with Crippen molar-refractivity contribution in [3.05, 3.63) is 76.8 Å². The highest BCUT2D eigenvalue weighted by atomic mass is 16.6. The zero-order valence-corrected chi connectivity index (χ0v) is 11.9. The van der Waals surface area contributed by atoms with Crippen molar-refractivity contribution in [2.24, 2.45) is 0 Å². The second kappa shape index (κ2) is 5.14. The largest absolute Gasteiger partial charge is 0.449 e. The summed E-state index contributed by atoms with van der Waals surface area (Å²) in [4.78, 5) is 10.9. The lowest BCUT2D eigenvalue weighted by Gasteiger charge is -2.22. The van der Waals surface area contributed by atoms with Gasteiger partial charge in [0.05, 0.1) is 10.5 Å². The molecule has 0 unspecified atom stereocenters. The zero-order chi connectivity index (χ0) is 15.8. The van der Waals surface area contributed by atoms with Crippen LogP contribution in [0.2, 0.25) is 0 Å². The molecule has 112 valence electrons. The molecule has 0 atom stereocenters. The number of rotatable bonds is 2. The van der Waals surface area contributed by atoms with Gasteiger partial charge in [-0.25, -0.2) is 0 Å². The molecule has 3 aromatic rings. The van der Waals surface area contributed by atoms with Crippen molar-refractivity contribution in [2.45, 2.75) is 0 Å². The first-order valence-corrected chi connectivity index (χ1v) is 7.05. The smallest absolute Gasteiger partial charge is 0.277 e. The van der Waals surface area contributed by atoms with Gasteiger partial charge in [0, 0.05) is 11.6 Å². The summed E-state index contributed by atoms with van der Waals surface area (Å²) in [5.41, 5.74) is 1.16. The molecule has 5 heteroatoms. The average molecular weight is 305 g/mol. The molecule has 0 aliphatic carbocycles. The molecule has 0 bridgehead atoms. The summed E-state index contributed by atoms with van der Waals surface area (Å²) in [6, 6.07) is 19.3. The molecule has 0 spiro atoms. The van der Waals surface area contributed by atoms with Crippen LogP contribution in [0.5, 0.6) is 23.0 Å². The number of ether oxygens (including phenoxy) is 2. The van der Waals surface area contributed by atoms with Crippen LogP contribution in [0.3, 0.4) is 0 Å². The van der Waals surface area contributed by atoms with E-state index >= 15 is 0 Å². The van der Waals surface area contributed by atoms with Crippen molar-refractivity contribution in [1.29, 1.82) is 0 Å². The molecular weight excluding hydrogens is 294 g/mol. The first kappa shape index (κ1) is 13.3. The van der Waals surface area contributed by atoms with Gasteiger partial charge in [-0.3, -0.25) is 10.1 Å². The van der Waals surface area contributed by atoms with E-state index in [1.54, 1.807) is 42.5 Å². The van der Waals surface area contributed by atoms with Crippen LogP contribution in [-0.4, -0.2) is 4.92 Å². The van der Waals surface area contributed by atoms with E-state index in [1.807, 2.05) is 18.2 Å². The lowest BCUT2D eigenvalue weighted by atomic mass is 10.0. The maximum Gasteiger partial charge on any atom is 0.277 e. The third-order valence-electron chi connectivity index (χ3n) is 3.65. The van der Waals surface area contributed by atoms with E-state index in [4.69, 9.17) is 9.47 Å². The Balaban J connectivity index is 1.90. The standard InChI is InChI=1S/C18H11NO4/c20-19(21)14-8-2-1-6-12(14)13-7-5-11-17-18(13)23-16-10-4-3-9-15(16)22-17/h1-11H. The van der Waals surface area contributed by atoms with Crippen LogP contribution in [0, 0.1) is 10.1 Å². The highest BCUT2D eigenvalue weighted by molar-refractivity contribution is 5.81. The van der Waals surface area contributed by atoms with Gasteiger partial charge < -0.3 is 9.47 Å². The Morgan fingerprint density at radius 1 is 0.696 bits per heavy atom. The molecule has 3 aromatic carbocycles. The molecule has 1 aliphatic heterocycles. The molecule has 23 heavy (non-hydrogen) atoms. The van der Waals surface area contributed by atoms with E-state index in [0.717, 1.165) is 0 Å². The van der Waals surface area contributed by atoms with E-state index in [-0.39, 0.29) is 5.69 Å². The number of nitrogens with zero attached hydrogens (tertiary/aromatic N) is 1. The molecule has 0 saturated heterocycles. The molecule has 0 saturated carbocycles. The summed E-state index contributed by atoms with van der Waals surface area (Å²) in [6.45, 7) is 0. The van der Waals surface area contributed by atoms with E-state index in [9.17, 15) is 10.1 Å². The molecule has 0 amide bonds. The minimum absolute atomic E-state index is 0.0309. The Labute approximate surface area is 131 Å². The first-order chi connectivity index (χ1) is 11.2. The van der Waals surface area contributed by atoms with Crippen LogP contribution in [0.1, 0.15) is 0 Å². The second-order valence-electron chi connectivity index (χ2n) is 5.06. The van der Waals surface area contributed by atoms with Crippen LogP contribution in [0.15, 0.2) is 66.7 Å². The van der Waals surface area contributed by atoms with Gasteiger partial charge in [-0.15, -0.1) is 0 Å². The molecular formula is C18H11NO4. The van der Waals surface area contributed by atoms with Gasteiger partial charge in [0.25, 0.3) is 5.69 Å². The van der Waals surface area contributed by atoms with E-state index in [0.29, 0.717) is 34.1 Å². The third kappa shape index (κ3) is 2.19. The summed E-state index contributed by atoms with van der Waals surface area (Å²) in [5, 5.41) is 11.3. The number of hydrogen-bond donors (Lipinski definition) is 0. The number of benzene rings is 3. The predicted octanol–water partition coefficient (Wildman–Crippen LogP) is 5.16. The monoisotopic (exact) mass is 305 g/mol. The Morgan fingerprint density at radius 2 is 1.30 bits per heavy atom. The normalized spacial score (nSPS) is 11.7. The predicted molar refractivity (Wildman–Crippen MR) is 85.1 cm³/mol. The maximum absolute atomic E-state index is 11.3. The summed E-state index contributed by atoms with van der Waals surface area (Å²) < 4.78 is 11.8. The van der Waals surface area contributed by atoms with Gasteiger partial charge in [-0.1, -0.05) is 36.4 Å². The van der Waals surface area contributed by atoms with Crippen molar-refractivity contribution in [1.82, 2.24) is 0 Å². The molecule has 5 nitrogen and oxygen atoms in total. The van der Waals surface area contributed by atoms with Crippen molar-refractivity contribution < 1.29 is 14.4 Å². The van der Waals surface area contributed by atoms with Gasteiger partial charge >= 0.3 is 0 Å². The fourth-order valence-corrected chi connectivity index (χ4v) is 2.62. The molecule has 1 heterocycles. The van der Waals surface area contributed by atoms with Crippen LogP contribution < -0.4 is 9.47 Å². The van der Waals surface area contributed by atoms with Gasteiger partial charge in [0.2, 0.25) is 0 Å². The minimum atomic E-state index is -0.396. The van der Waals surface area contributed by atoms with Crippen LogP contribution in [0.4, 0.5) is 5.69 Å². The van der Waals surface area contributed by atoms with Gasteiger partial charge in [0.1, 0.15) is 0 Å². The Hall–Kier alpha value is -3.34. The van der Waals surface area contributed by atoms with Crippen LogP contribution in [-0.2, 0) is 0 Å². The first-order valence-electron chi connectivity index (χ1n) is 7.05. The fraction of sp³-hybridized carbons (Fsp3) is 0. The highest BCUT2D eigenvalue weighted by Gasteiger charge is 2.25. The molecule has 0 radical (unpaired) electrons. The average Bonchev–Trinajstić information content (AvgIpc) is 2.59. The molecule has 0 fully saturated rings. The Bertz CT molecular complexity index is 920. The lowest BCUT2D eigenvalue weighted by molar-refractivity contribution is -0.384. The molecule has 0 aromatic heterocycles. The van der Waals surface area contributed by atoms with E-state index in [1.165, 1.54) is 6.07 Å². The SMILES string of the molecule is O=[N+]([O-])c1ccccc1-c1cccc2c1Oc1ccccc1O2. The maximum atomic E-state index is 11.3. The number of nitro benzene ring substituents is 1. The Kier molecular flexibility index (Phi) is 2.98.